The molecule has 10 nitrogen and oxygen atoms in total. The lowest BCUT2D eigenvalue weighted by Gasteiger charge is -2.16. The molecule has 3 unspecified atom stereocenters. The summed E-state index contributed by atoms with van der Waals surface area (Å²) in [6.07, 6.45) is 1.51. The Balaban J connectivity index is 1.73. The molecule has 3 rings (SSSR count). The van der Waals surface area contributed by atoms with Crippen LogP contribution in [0.25, 0.3) is 11.2 Å². The summed E-state index contributed by atoms with van der Waals surface area (Å²) in [5.41, 5.74) is 6.72. The number of hydrogen-bond donors (Lipinski definition) is 2. The topological polar surface area (TPSA) is 142 Å². The van der Waals surface area contributed by atoms with E-state index in [4.69, 9.17) is 15.2 Å². The first kappa shape index (κ1) is 17.2. The van der Waals surface area contributed by atoms with E-state index in [9.17, 15) is 14.7 Å². The van der Waals surface area contributed by atoms with Gasteiger partial charge in [-0.1, -0.05) is 0 Å². The van der Waals surface area contributed by atoms with Crippen molar-refractivity contribution in [2.75, 3.05) is 12.3 Å². The van der Waals surface area contributed by atoms with Gasteiger partial charge < -0.3 is 25.1 Å². The Bertz CT molecular complexity index is 792. The summed E-state index contributed by atoms with van der Waals surface area (Å²) in [6, 6.07) is 0. The Morgan fingerprint density at radius 3 is 2.92 bits per heavy atom. The summed E-state index contributed by atoms with van der Waals surface area (Å²) in [7, 11) is 0. The molecule has 0 saturated carbocycles. The van der Waals surface area contributed by atoms with Crippen molar-refractivity contribution >= 4 is 28.7 Å². The van der Waals surface area contributed by atoms with E-state index in [0.717, 1.165) is 0 Å². The van der Waals surface area contributed by atoms with E-state index in [-0.39, 0.29) is 31.0 Å². The molecule has 2 aromatic rings. The molecule has 0 bridgehead atoms. The largest absolute Gasteiger partial charge is 0.459 e. The number of carbonyl (C=O) groups excluding carboxylic acids is 2. The minimum atomic E-state index is -0.664. The third kappa shape index (κ3) is 3.59. The van der Waals surface area contributed by atoms with E-state index in [1.807, 2.05) is 0 Å². The number of Topliss-reactive ketones (excluding diaryl/α,β-unsaturated/α-hetero) is 1. The molecule has 1 aliphatic rings. The van der Waals surface area contributed by atoms with Gasteiger partial charge in [0.15, 0.2) is 11.5 Å². The molecule has 0 spiro atoms. The van der Waals surface area contributed by atoms with E-state index in [1.54, 1.807) is 4.57 Å². The highest BCUT2D eigenvalue weighted by molar-refractivity contribution is 5.81. The molecule has 0 radical (unpaired) electrons. The number of fused-ring (bicyclic) bond motifs is 1. The number of aliphatic hydroxyl groups is 1. The molecule has 1 saturated heterocycles. The highest BCUT2D eigenvalue weighted by atomic mass is 16.6. The number of imidazole rings is 1. The Kier molecular flexibility index (Phi) is 4.91. The Morgan fingerprint density at radius 1 is 1.40 bits per heavy atom. The first-order chi connectivity index (χ1) is 12.0. The van der Waals surface area contributed by atoms with Crippen LogP contribution in [0.15, 0.2) is 12.7 Å². The molecule has 0 aliphatic carbocycles. The van der Waals surface area contributed by atoms with Crippen molar-refractivity contribution in [3.05, 3.63) is 12.7 Å². The van der Waals surface area contributed by atoms with Crippen LogP contribution in [0.5, 0.6) is 0 Å². The van der Waals surface area contributed by atoms with Crippen LogP contribution in [0.1, 0.15) is 32.4 Å². The normalized spacial score (nSPS) is 23.0. The highest BCUT2D eigenvalue weighted by Gasteiger charge is 2.39. The average Bonchev–Trinajstić information content (AvgIpc) is 3.17. The zero-order chi connectivity index (χ0) is 18.0. The number of nitrogen functional groups attached to an aromatic ring is 1. The minimum Gasteiger partial charge on any atom is -0.459 e. The highest BCUT2D eigenvalue weighted by Crippen LogP contribution is 2.33. The van der Waals surface area contributed by atoms with Gasteiger partial charge in [0.25, 0.3) is 0 Å². The zero-order valence-electron chi connectivity index (χ0n) is 13.7. The molecule has 1 aliphatic heterocycles. The molecule has 25 heavy (non-hydrogen) atoms. The Labute approximate surface area is 143 Å². The molecule has 0 aromatic carbocycles. The zero-order valence-corrected chi connectivity index (χ0v) is 13.7. The van der Waals surface area contributed by atoms with Crippen LogP contribution in [0.4, 0.5) is 5.82 Å². The SMILES string of the molecule is CC(=O)CCC(=O)OC1CC(n2cnc3c(N)ncnc32)OC1CO. The molecule has 0 amide bonds. The first-order valence-corrected chi connectivity index (χ1v) is 7.87. The lowest BCUT2D eigenvalue weighted by atomic mass is 10.2. The number of aliphatic hydroxyl groups excluding tert-OH is 1. The quantitative estimate of drug-likeness (QED) is 0.687. The molecule has 2 aromatic heterocycles. The molecule has 3 N–H and O–H groups in total. The van der Waals surface area contributed by atoms with Gasteiger partial charge in [0.05, 0.1) is 19.4 Å². The van der Waals surface area contributed by atoms with E-state index >= 15 is 0 Å². The van der Waals surface area contributed by atoms with Gasteiger partial charge in [0, 0.05) is 12.8 Å². The first-order valence-electron chi connectivity index (χ1n) is 7.87. The fraction of sp³-hybridized carbons (Fsp3) is 0.533. The second kappa shape index (κ2) is 7.11. The summed E-state index contributed by atoms with van der Waals surface area (Å²) < 4.78 is 12.8. The van der Waals surface area contributed by atoms with Gasteiger partial charge in [-0.15, -0.1) is 0 Å². The monoisotopic (exact) mass is 349 g/mol. The van der Waals surface area contributed by atoms with Crippen molar-refractivity contribution in [2.24, 2.45) is 0 Å². The Hall–Kier alpha value is -2.59. The molecule has 134 valence electrons. The van der Waals surface area contributed by atoms with Crippen LogP contribution >= 0.6 is 0 Å². The maximum Gasteiger partial charge on any atom is 0.306 e. The fourth-order valence-corrected chi connectivity index (χ4v) is 2.75. The number of rotatable bonds is 6. The van der Waals surface area contributed by atoms with Gasteiger partial charge in [-0.05, 0) is 6.92 Å². The van der Waals surface area contributed by atoms with Gasteiger partial charge in [-0.2, -0.15) is 0 Å². The molecular formula is C15H19N5O5. The van der Waals surface area contributed by atoms with Crippen LogP contribution < -0.4 is 5.73 Å². The molecule has 1 fully saturated rings. The van der Waals surface area contributed by atoms with Crippen molar-refractivity contribution in [1.29, 1.82) is 0 Å². The number of ketones is 1. The summed E-state index contributed by atoms with van der Waals surface area (Å²) in [4.78, 5) is 35.0. The number of esters is 1. The summed E-state index contributed by atoms with van der Waals surface area (Å²) in [5.74, 6) is -0.323. The second-order valence-corrected chi connectivity index (χ2v) is 5.86. The number of nitrogens with zero attached hydrogens (tertiary/aromatic N) is 4. The number of carbonyl (C=O) groups is 2. The van der Waals surface area contributed by atoms with E-state index in [2.05, 4.69) is 15.0 Å². The fourth-order valence-electron chi connectivity index (χ4n) is 2.75. The number of anilines is 1. The number of ether oxygens (including phenoxy) is 2. The van der Waals surface area contributed by atoms with E-state index in [0.29, 0.717) is 17.6 Å². The lowest BCUT2D eigenvalue weighted by molar-refractivity contribution is -0.153. The van der Waals surface area contributed by atoms with Crippen molar-refractivity contribution < 1.29 is 24.2 Å². The van der Waals surface area contributed by atoms with Gasteiger partial charge in [0.1, 0.15) is 36.1 Å². The maximum atomic E-state index is 11.8. The van der Waals surface area contributed by atoms with Crippen molar-refractivity contribution in [3.8, 4) is 0 Å². The lowest BCUT2D eigenvalue weighted by Crippen LogP contribution is -2.30. The summed E-state index contributed by atoms with van der Waals surface area (Å²) in [6.45, 7) is 1.11. The van der Waals surface area contributed by atoms with Crippen LogP contribution in [0.3, 0.4) is 0 Å². The predicted molar refractivity (Wildman–Crippen MR) is 85.1 cm³/mol. The van der Waals surface area contributed by atoms with Crippen LogP contribution in [0, 0.1) is 0 Å². The van der Waals surface area contributed by atoms with Crippen molar-refractivity contribution in [2.45, 2.75) is 44.6 Å². The number of nitrogens with two attached hydrogens (primary N) is 1. The predicted octanol–water partition coefficient (Wildman–Crippen LogP) is -0.0307. The van der Waals surface area contributed by atoms with Crippen molar-refractivity contribution in [3.63, 3.8) is 0 Å². The van der Waals surface area contributed by atoms with E-state index in [1.165, 1.54) is 19.6 Å². The smallest absolute Gasteiger partial charge is 0.306 e. The molecule has 3 atom stereocenters. The second-order valence-electron chi connectivity index (χ2n) is 5.86. The molecule has 10 heteroatoms. The van der Waals surface area contributed by atoms with Crippen LogP contribution in [-0.4, -0.2) is 55.2 Å². The van der Waals surface area contributed by atoms with Gasteiger partial charge in [-0.25, -0.2) is 15.0 Å². The average molecular weight is 349 g/mol. The number of aromatic nitrogens is 4. The molecule has 3 heterocycles. The van der Waals surface area contributed by atoms with E-state index < -0.39 is 24.4 Å². The van der Waals surface area contributed by atoms with Gasteiger partial charge in [0.2, 0.25) is 0 Å². The number of hydrogen-bond acceptors (Lipinski definition) is 9. The summed E-state index contributed by atoms with van der Waals surface area (Å²) in [5, 5.41) is 9.50. The van der Waals surface area contributed by atoms with Crippen molar-refractivity contribution in [1.82, 2.24) is 19.5 Å². The Morgan fingerprint density at radius 2 is 2.20 bits per heavy atom. The third-order valence-electron chi connectivity index (χ3n) is 4.02. The summed E-state index contributed by atoms with van der Waals surface area (Å²) >= 11 is 0. The molecular weight excluding hydrogens is 330 g/mol. The van der Waals surface area contributed by atoms with Gasteiger partial charge in [-0.3, -0.25) is 9.36 Å². The third-order valence-corrected chi connectivity index (χ3v) is 4.02. The minimum absolute atomic E-state index is 0.00636. The standard InChI is InChI=1S/C15H19N5O5/c1-8(22)2-3-12(23)25-9-4-11(24-10(9)5-21)20-7-19-13-14(16)17-6-18-15(13)20/h6-7,9-11,21H,2-5H2,1H3,(H2,16,17,18). The van der Waals surface area contributed by atoms with Gasteiger partial charge >= 0.3 is 5.97 Å². The van der Waals surface area contributed by atoms with Crippen LogP contribution in [0.2, 0.25) is 0 Å². The van der Waals surface area contributed by atoms with Crippen LogP contribution in [-0.2, 0) is 19.1 Å². The maximum absolute atomic E-state index is 11.8.